The van der Waals surface area contributed by atoms with Crippen LogP contribution in [0.15, 0.2) is 109 Å². The standard InChI is InChI=1S/C31H26N6O11S2/c1-47-25-15-24(26(48-2)14-23(25)35-34-20-8-9-22(32)27(13-20)49(41,42)43)36-37-29-28(50(44,45)46)11-16-6-7-19(12-21(16)30(29)38)33-18-5-3-4-17(10-18)31(39)40/h3-15,33,38H,32H2,1-2H3,(H,39,40)(H,41,42,43)(H,44,45,46). The van der Waals surface area contributed by atoms with Crippen LogP contribution < -0.4 is 20.5 Å². The Hall–Kier alpha value is -6.15. The van der Waals surface area contributed by atoms with Crippen LogP contribution in [-0.4, -0.2) is 56.3 Å². The molecule has 5 aromatic carbocycles. The van der Waals surface area contributed by atoms with Crippen molar-refractivity contribution < 1.29 is 50.4 Å². The number of anilines is 3. The van der Waals surface area contributed by atoms with Gasteiger partial charge in [0, 0.05) is 28.9 Å². The van der Waals surface area contributed by atoms with Gasteiger partial charge < -0.3 is 30.7 Å². The van der Waals surface area contributed by atoms with Crippen LogP contribution in [0.25, 0.3) is 10.8 Å². The van der Waals surface area contributed by atoms with Gasteiger partial charge in [-0.1, -0.05) is 12.1 Å². The van der Waals surface area contributed by atoms with Gasteiger partial charge in [0.15, 0.2) is 5.75 Å². The van der Waals surface area contributed by atoms with Gasteiger partial charge in [0.1, 0.15) is 38.4 Å². The van der Waals surface area contributed by atoms with Crippen molar-refractivity contribution >= 4 is 76.8 Å². The number of fused-ring (bicyclic) bond motifs is 1. The van der Waals surface area contributed by atoms with Gasteiger partial charge in [-0.05, 0) is 60.0 Å². The summed E-state index contributed by atoms with van der Waals surface area (Å²) in [6, 6.07) is 17.8. The number of hydrogen-bond acceptors (Lipinski definition) is 14. The molecule has 0 fully saturated rings. The number of nitrogens with two attached hydrogens (primary N) is 1. The molecule has 19 heteroatoms. The number of nitrogens with one attached hydrogen (secondary N) is 1. The van der Waals surface area contributed by atoms with Crippen molar-refractivity contribution in [3.8, 4) is 17.2 Å². The van der Waals surface area contributed by atoms with Gasteiger partial charge >= 0.3 is 5.97 Å². The third-order valence-electron chi connectivity index (χ3n) is 7.02. The molecule has 0 saturated heterocycles. The van der Waals surface area contributed by atoms with Crippen molar-refractivity contribution in [2.24, 2.45) is 20.5 Å². The van der Waals surface area contributed by atoms with Crippen molar-refractivity contribution in [1.82, 2.24) is 0 Å². The molecule has 7 N–H and O–H groups in total. The maximum Gasteiger partial charge on any atom is 0.335 e. The van der Waals surface area contributed by atoms with Crippen LogP contribution in [0.1, 0.15) is 10.4 Å². The molecule has 50 heavy (non-hydrogen) atoms. The van der Waals surface area contributed by atoms with Crippen LogP contribution >= 0.6 is 0 Å². The van der Waals surface area contributed by atoms with E-state index in [0.29, 0.717) is 11.4 Å². The lowest BCUT2D eigenvalue weighted by Gasteiger charge is -2.12. The Morgan fingerprint density at radius 2 is 1.36 bits per heavy atom. The second-order valence-electron chi connectivity index (χ2n) is 10.3. The van der Waals surface area contributed by atoms with E-state index >= 15 is 0 Å². The SMILES string of the molecule is COc1cc(N=Nc2c(S(=O)(=O)O)cc3ccc(Nc4cccc(C(=O)O)c4)cc3c2O)c(OC)cc1N=Nc1ccc(N)c(S(=O)(=O)O)c1. The van der Waals surface area contributed by atoms with Gasteiger partial charge in [0.25, 0.3) is 20.2 Å². The number of carboxylic acid groups (broad SMARTS) is 1. The minimum atomic E-state index is -4.94. The number of nitrogen functional groups attached to an aromatic ring is 1. The molecular formula is C31H26N6O11S2. The number of carbonyl (C=O) groups is 1. The smallest absolute Gasteiger partial charge is 0.335 e. The first-order valence-corrected chi connectivity index (χ1v) is 16.8. The van der Waals surface area contributed by atoms with Gasteiger partial charge in [0.2, 0.25) is 0 Å². The van der Waals surface area contributed by atoms with E-state index in [-0.39, 0.29) is 50.6 Å². The minimum Gasteiger partial charge on any atom is -0.505 e. The van der Waals surface area contributed by atoms with E-state index in [1.54, 1.807) is 18.2 Å². The summed E-state index contributed by atoms with van der Waals surface area (Å²) in [6.07, 6.45) is 0. The van der Waals surface area contributed by atoms with E-state index in [0.717, 1.165) is 12.1 Å². The molecule has 0 aliphatic heterocycles. The highest BCUT2D eigenvalue weighted by Crippen LogP contribution is 2.45. The van der Waals surface area contributed by atoms with Crippen LogP contribution in [-0.2, 0) is 20.2 Å². The molecule has 0 saturated carbocycles. The molecule has 17 nitrogen and oxygen atoms in total. The number of nitrogens with zero attached hydrogens (tertiary/aromatic N) is 4. The van der Waals surface area contributed by atoms with E-state index in [1.165, 1.54) is 62.8 Å². The number of carboxylic acids is 1. The van der Waals surface area contributed by atoms with E-state index in [2.05, 4.69) is 25.8 Å². The van der Waals surface area contributed by atoms with Crippen LogP contribution in [0.5, 0.6) is 17.2 Å². The number of hydrogen-bond donors (Lipinski definition) is 6. The Balaban J connectivity index is 1.55. The fourth-order valence-electron chi connectivity index (χ4n) is 4.65. The van der Waals surface area contributed by atoms with Crippen LogP contribution in [0.2, 0.25) is 0 Å². The van der Waals surface area contributed by atoms with Crippen molar-refractivity contribution in [3.63, 3.8) is 0 Å². The molecule has 258 valence electrons. The largest absolute Gasteiger partial charge is 0.505 e. The zero-order valence-electron chi connectivity index (χ0n) is 25.8. The lowest BCUT2D eigenvalue weighted by atomic mass is 10.1. The van der Waals surface area contributed by atoms with E-state index in [9.17, 15) is 40.9 Å². The Morgan fingerprint density at radius 3 is 1.96 bits per heavy atom. The number of phenolic OH excluding ortho intramolecular Hbond substituents is 1. The fraction of sp³-hybridized carbons (Fsp3) is 0.0645. The molecule has 0 spiro atoms. The van der Waals surface area contributed by atoms with Crippen molar-refractivity contribution in [1.29, 1.82) is 0 Å². The summed E-state index contributed by atoms with van der Waals surface area (Å²) < 4.78 is 78.1. The third-order valence-corrected chi connectivity index (χ3v) is 8.79. The summed E-state index contributed by atoms with van der Waals surface area (Å²) in [5.41, 5.74) is 5.76. The maximum absolute atomic E-state index is 12.4. The molecule has 0 aromatic heterocycles. The Labute approximate surface area is 283 Å². The molecular weight excluding hydrogens is 697 g/mol. The average Bonchev–Trinajstić information content (AvgIpc) is 3.06. The van der Waals surface area contributed by atoms with Crippen LogP contribution in [0.3, 0.4) is 0 Å². The first-order valence-electron chi connectivity index (χ1n) is 13.9. The molecule has 0 atom stereocenters. The highest BCUT2D eigenvalue weighted by atomic mass is 32.2. The Morgan fingerprint density at radius 1 is 0.740 bits per heavy atom. The highest BCUT2D eigenvalue weighted by Gasteiger charge is 2.23. The quantitative estimate of drug-likeness (QED) is 0.0460. The second kappa shape index (κ2) is 13.8. The number of ether oxygens (including phenoxy) is 2. The molecule has 0 bridgehead atoms. The molecule has 0 aliphatic carbocycles. The van der Waals surface area contributed by atoms with Gasteiger partial charge in [0.05, 0.1) is 31.2 Å². The van der Waals surface area contributed by atoms with E-state index in [1.807, 2.05) is 0 Å². The summed E-state index contributed by atoms with van der Waals surface area (Å²) in [7, 11) is -6.98. The highest BCUT2D eigenvalue weighted by molar-refractivity contribution is 7.86. The topological polar surface area (TPSA) is 272 Å². The van der Waals surface area contributed by atoms with Gasteiger partial charge in [-0.3, -0.25) is 9.11 Å². The maximum atomic E-state index is 12.4. The van der Waals surface area contributed by atoms with Crippen molar-refractivity contribution in [3.05, 3.63) is 84.4 Å². The minimum absolute atomic E-state index is 0.0215. The predicted octanol–water partition coefficient (Wildman–Crippen LogP) is 6.91. The predicted molar refractivity (Wildman–Crippen MR) is 181 cm³/mol. The average molecular weight is 723 g/mol. The zero-order valence-corrected chi connectivity index (χ0v) is 27.5. The van der Waals surface area contributed by atoms with E-state index in [4.69, 9.17) is 15.2 Å². The molecule has 0 radical (unpaired) electrons. The number of methoxy groups -OCH3 is 2. The van der Waals surface area contributed by atoms with Gasteiger partial charge in [-0.15, -0.1) is 15.3 Å². The monoisotopic (exact) mass is 722 g/mol. The molecule has 0 heterocycles. The van der Waals surface area contributed by atoms with E-state index < -0.39 is 47.4 Å². The second-order valence-corrected chi connectivity index (χ2v) is 13.1. The summed E-state index contributed by atoms with van der Waals surface area (Å²) in [4.78, 5) is 10.1. The van der Waals surface area contributed by atoms with Gasteiger partial charge in [-0.2, -0.15) is 21.9 Å². The number of phenols is 1. The summed E-state index contributed by atoms with van der Waals surface area (Å²) in [5, 5.41) is 39.9. The number of aromatic hydroxyl groups is 1. The molecule has 0 unspecified atom stereocenters. The third kappa shape index (κ3) is 7.60. The van der Waals surface area contributed by atoms with Gasteiger partial charge in [-0.25, -0.2) is 4.79 Å². The first-order chi connectivity index (χ1) is 23.6. The summed E-state index contributed by atoms with van der Waals surface area (Å²) in [6.45, 7) is 0. The summed E-state index contributed by atoms with van der Waals surface area (Å²) in [5.74, 6) is -1.68. The number of aromatic carboxylic acids is 1. The number of rotatable bonds is 11. The van der Waals surface area contributed by atoms with Crippen molar-refractivity contribution in [2.75, 3.05) is 25.3 Å². The fourth-order valence-corrected chi connectivity index (χ4v) is 5.95. The number of azo groups is 2. The Kier molecular flexibility index (Phi) is 9.68. The van der Waals surface area contributed by atoms with Crippen LogP contribution in [0, 0.1) is 0 Å². The van der Waals surface area contributed by atoms with Crippen LogP contribution in [0.4, 0.5) is 39.8 Å². The molecule has 0 aliphatic rings. The summed E-state index contributed by atoms with van der Waals surface area (Å²) >= 11 is 0. The normalized spacial score (nSPS) is 12.1. The lowest BCUT2D eigenvalue weighted by Crippen LogP contribution is -2.02. The Bertz CT molecular complexity index is 2450. The van der Waals surface area contributed by atoms with Crippen molar-refractivity contribution in [2.45, 2.75) is 9.79 Å². The zero-order chi connectivity index (χ0) is 36.4. The molecule has 0 amide bonds. The molecule has 5 aromatic rings. The molecule has 5 rings (SSSR count). The lowest BCUT2D eigenvalue weighted by molar-refractivity contribution is 0.0696. The first kappa shape index (κ1) is 35.2. The number of benzene rings is 5.